The molecular weight excluding hydrogens is 332 g/mol. The van der Waals surface area contributed by atoms with Crippen molar-refractivity contribution in [1.82, 2.24) is 4.90 Å². The van der Waals surface area contributed by atoms with Gasteiger partial charge in [-0.2, -0.15) is 0 Å². The van der Waals surface area contributed by atoms with E-state index < -0.39 is 0 Å². The van der Waals surface area contributed by atoms with Crippen LogP contribution in [0.3, 0.4) is 0 Å². The number of aryl methyl sites for hydroxylation is 2. The van der Waals surface area contributed by atoms with E-state index in [1.54, 1.807) is 7.11 Å². The fourth-order valence-electron chi connectivity index (χ4n) is 3.15. The molecule has 1 fully saturated rings. The monoisotopic (exact) mass is 356 g/mol. The molecule has 3 rings (SSSR count). The second-order valence-corrected chi connectivity index (χ2v) is 6.68. The summed E-state index contributed by atoms with van der Waals surface area (Å²) in [5, 5.41) is 4.00. The van der Waals surface area contributed by atoms with E-state index in [9.17, 15) is 0 Å². The number of para-hydroxylation sites is 2. The maximum Gasteiger partial charge on any atom is 0.173 e. The van der Waals surface area contributed by atoms with E-state index >= 15 is 0 Å². The average Bonchev–Trinajstić information content (AvgIpc) is 2.62. The minimum atomic E-state index is 0.0340. The first-order valence-electron chi connectivity index (χ1n) is 8.46. The highest BCUT2D eigenvalue weighted by molar-refractivity contribution is 7.80. The zero-order chi connectivity index (χ0) is 17.8. The summed E-state index contributed by atoms with van der Waals surface area (Å²) in [5.41, 5.74) is 4.64. The number of morpholine rings is 1. The minimum absolute atomic E-state index is 0.0340. The van der Waals surface area contributed by atoms with Crippen molar-refractivity contribution in [2.24, 2.45) is 0 Å². The summed E-state index contributed by atoms with van der Waals surface area (Å²) in [5.74, 6) is 0.782. The number of hydrogen-bond donors (Lipinski definition) is 1. The van der Waals surface area contributed by atoms with Crippen molar-refractivity contribution in [2.75, 3.05) is 32.1 Å². The van der Waals surface area contributed by atoms with Crippen LogP contribution in [0.2, 0.25) is 0 Å². The molecule has 1 heterocycles. The third kappa shape index (κ3) is 4.11. The molecule has 5 heteroatoms. The van der Waals surface area contributed by atoms with Gasteiger partial charge in [0.2, 0.25) is 0 Å². The van der Waals surface area contributed by atoms with Gasteiger partial charge in [-0.15, -0.1) is 0 Å². The quantitative estimate of drug-likeness (QED) is 0.838. The smallest absolute Gasteiger partial charge is 0.173 e. The maximum absolute atomic E-state index is 6.01. The second kappa shape index (κ2) is 7.85. The molecule has 25 heavy (non-hydrogen) atoms. The van der Waals surface area contributed by atoms with Gasteiger partial charge in [0, 0.05) is 6.54 Å². The van der Waals surface area contributed by atoms with Crippen molar-refractivity contribution in [3.8, 4) is 5.75 Å². The van der Waals surface area contributed by atoms with Crippen LogP contribution >= 0.6 is 12.2 Å². The topological polar surface area (TPSA) is 33.7 Å². The van der Waals surface area contributed by atoms with Crippen LogP contribution in [0.5, 0.6) is 5.75 Å². The fourth-order valence-corrected chi connectivity index (χ4v) is 3.43. The average molecular weight is 356 g/mol. The molecule has 2 aromatic carbocycles. The Morgan fingerprint density at radius 2 is 2.04 bits per heavy atom. The number of ether oxygens (including phenoxy) is 2. The molecule has 0 aromatic heterocycles. The second-order valence-electron chi connectivity index (χ2n) is 6.30. The molecule has 1 atom stereocenters. The van der Waals surface area contributed by atoms with Crippen molar-refractivity contribution in [2.45, 2.75) is 20.0 Å². The Balaban J connectivity index is 1.71. The van der Waals surface area contributed by atoms with Gasteiger partial charge in [0.05, 0.1) is 25.9 Å². The van der Waals surface area contributed by atoms with Gasteiger partial charge in [-0.05, 0) is 49.3 Å². The Morgan fingerprint density at radius 3 is 2.80 bits per heavy atom. The summed E-state index contributed by atoms with van der Waals surface area (Å²) >= 11 is 5.62. The van der Waals surface area contributed by atoms with Crippen molar-refractivity contribution < 1.29 is 9.47 Å². The Labute approximate surface area is 154 Å². The van der Waals surface area contributed by atoms with Gasteiger partial charge in [-0.3, -0.25) is 0 Å². The van der Waals surface area contributed by atoms with E-state index in [0.717, 1.165) is 24.5 Å². The molecule has 0 aliphatic carbocycles. The SMILES string of the molecule is COc1ccccc1NC(=S)N1CCOC(c2ccc(C)cc2C)C1. The summed E-state index contributed by atoms with van der Waals surface area (Å²) in [7, 11) is 1.66. The van der Waals surface area contributed by atoms with E-state index in [4.69, 9.17) is 21.7 Å². The zero-order valence-corrected chi connectivity index (χ0v) is 15.7. The molecule has 1 aliphatic heterocycles. The molecule has 2 aromatic rings. The third-order valence-electron chi connectivity index (χ3n) is 4.47. The normalized spacial score (nSPS) is 17.2. The van der Waals surface area contributed by atoms with Crippen molar-refractivity contribution in [3.05, 3.63) is 59.2 Å². The van der Waals surface area contributed by atoms with Crippen LogP contribution in [0.25, 0.3) is 0 Å². The summed E-state index contributed by atoms with van der Waals surface area (Å²) in [6.07, 6.45) is 0.0340. The highest BCUT2D eigenvalue weighted by Gasteiger charge is 2.25. The molecule has 4 nitrogen and oxygen atoms in total. The van der Waals surface area contributed by atoms with Crippen LogP contribution in [0.4, 0.5) is 5.69 Å². The van der Waals surface area contributed by atoms with Crippen LogP contribution in [-0.4, -0.2) is 36.8 Å². The first-order chi connectivity index (χ1) is 12.1. The van der Waals surface area contributed by atoms with E-state index in [2.05, 4.69) is 42.3 Å². The molecule has 0 spiro atoms. The zero-order valence-electron chi connectivity index (χ0n) is 14.9. The molecule has 0 amide bonds. The van der Waals surface area contributed by atoms with Crippen molar-refractivity contribution in [1.29, 1.82) is 0 Å². The number of rotatable bonds is 3. The number of anilines is 1. The van der Waals surface area contributed by atoms with Gasteiger partial charge < -0.3 is 19.7 Å². The van der Waals surface area contributed by atoms with Gasteiger partial charge in [-0.25, -0.2) is 0 Å². The molecule has 0 bridgehead atoms. The van der Waals surface area contributed by atoms with Gasteiger partial charge >= 0.3 is 0 Å². The summed E-state index contributed by atoms with van der Waals surface area (Å²) in [6, 6.07) is 14.3. The van der Waals surface area contributed by atoms with Gasteiger partial charge in [0.25, 0.3) is 0 Å². The van der Waals surface area contributed by atoms with E-state index in [0.29, 0.717) is 11.7 Å². The summed E-state index contributed by atoms with van der Waals surface area (Å²) in [4.78, 5) is 2.16. The highest BCUT2D eigenvalue weighted by Crippen LogP contribution is 2.27. The van der Waals surface area contributed by atoms with Crippen LogP contribution in [-0.2, 0) is 4.74 Å². The molecule has 132 valence electrons. The maximum atomic E-state index is 6.01. The Kier molecular flexibility index (Phi) is 5.56. The number of methoxy groups -OCH3 is 1. The lowest BCUT2D eigenvalue weighted by molar-refractivity contribution is -0.00647. The Bertz CT molecular complexity index is 763. The molecule has 1 unspecified atom stereocenters. The standard InChI is InChI=1S/C20H24N2O2S/c1-14-8-9-16(15(2)12-14)19-13-22(10-11-24-19)20(25)21-17-6-4-5-7-18(17)23-3/h4-9,12,19H,10-11,13H2,1-3H3,(H,21,25). The predicted octanol–water partition coefficient (Wildman–Crippen LogP) is 4.08. The van der Waals surface area contributed by atoms with Crippen LogP contribution < -0.4 is 10.1 Å². The molecule has 0 radical (unpaired) electrons. The molecule has 1 aliphatic rings. The van der Waals surface area contributed by atoms with Gasteiger partial charge in [-0.1, -0.05) is 35.9 Å². The molecule has 1 saturated heterocycles. The number of thiocarbonyl (C=S) groups is 1. The lowest BCUT2D eigenvalue weighted by Crippen LogP contribution is -2.44. The third-order valence-corrected chi connectivity index (χ3v) is 4.83. The van der Waals surface area contributed by atoms with Gasteiger partial charge in [0.1, 0.15) is 11.9 Å². The lowest BCUT2D eigenvalue weighted by atomic mass is 10.00. The van der Waals surface area contributed by atoms with Gasteiger partial charge in [0.15, 0.2) is 5.11 Å². The highest BCUT2D eigenvalue weighted by atomic mass is 32.1. The number of nitrogens with zero attached hydrogens (tertiary/aromatic N) is 1. The number of benzene rings is 2. The molecule has 1 N–H and O–H groups in total. The van der Waals surface area contributed by atoms with E-state index in [1.165, 1.54) is 16.7 Å². The lowest BCUT2D eigenvalue weighted by Gasteiger charge is -2.35. The number of hydrogen-bond acceptors (Lipinski definition) is 3. The Morgan fingerprint density at radius 1 is 1.24 bits per heavy atom. The fraction of sp³-hybridized carbons (Fsp3) is 0.350. The molecular formula is C20H24N2O2S. The van der Waals surface area contributed by atoms with E-state index in [1.807, 2.05) is 24.3 Å². The largest absolute Gasteiger partial charge is 0.495 e. The first kappa shape index (κ1) is 17.7. The van der Waals surface area contributed by atoms with E-state index in [-0.39, 0.29) is 6.10 Å². The minimum Gasteiger partial charge on any atom is -0.495 e. The van der Waals surface area contributed by atoms with Crippen LogP contribution in [0, 0.1) is 13.8 Å². The predicted molar refractivity (Wildman–Crippen MR) is 105 cm³/mol. The van der Waals surface area contributed by atoms with Crippen molar-refractivity contribution in [3.63, 3.8) is 0 Å². The van der Waals surface area contributed by atoms with Crippen LogP contribution in [0.1, 0.15) is 22.8 Å². The Hall–Kier alpha value is -2.11. The van der Waals surface area contributed by atoms with Crippen molar-refractivity contribution >= 4 is 23.0 Å². The molecule has 0 saturated carbocycles. The summed E-state index contributed by atoms with van der Waals surface area (Å²) < 4.78 is 11.4. The van der Waals surface area contributed by atoms with Crippen LogP contribution in [0.15, 0.2) is 42.5 Å². The summed E-state index contributed by atoms with van der Waals surface area (Å²) in [6.45, 7) is 6.42. The number of nitrogens with one attached hydrogen (secondary N) is 1. The first-order valence-corrected chi connectivity index (χ1v) is 8.87.